The molecular formula is C17H14N2O3. The van der Waals surface area contributed by atoms with Crippen LogP contribution < -0.4 is 4.90 Å². The molecule has 2 amide bonds. The van der Waals surface area contributed by atoms with Gasteiger partial charge in [-0.15, -0.1) is 0 Å². The van der Waals surface area contributed by atoms with Gasteiger partial charge in [-0.2, -0.15) is 0 Å². The fourth-order valence-electron chi connectivity index (χ4n) is 2.50. The molecule has 0 aromatic heterocycles. The predicted molar refractivity (Wildman–Crippen MR) is 82.8 cm³/mol. The summed E-state index contributed by atoms with van der Waals surface area (Å²) in [6, 6.07) is 12.0. The first-order chi connectivity index (χ1) is 10.5. The van der Waals surface area contributed by atoms with Crippen LogP contribution in [0.2, 0.25) is 0 Å². The molecule has 0 aliphatic carbocycles. The smallest absolute Gasteiger partial charge is 0.266 e. The van der Waals surface area contributed by atoms with E-state index in [1.165, 1.54) is 4.90 Å². The second-order valence-corrected chi connectivity index (χ2v) is 5.23. The van der Waals surface area contributed by atoms with Crippen LogP contribution in [0.4, 0.5) is 5.69 Å². The Morgan fingerprint density at radius 3 is 2.27 bits per heavy atom. The summed E-state index contributed by atoms with van der Waals surface area (Å²) in [5.74, 6) is -0.635. The zero-order valence-corrected chi connectivity index (χ0v) is 12.2. The Balaban J connectivity index is 2.00. The van der Waals surface area contributed by atoms with Gasteiger partial charge in [-0.3, -0.25) is 9.59 Å². The minimum absolute atomic E-state index is 0.316. The van der Waals surface area contributed by atoms with E-state index < -0.39 is 0 Å². The maximum absolute atomic E-state index is 12.5. The number of hydrogen-bond donors (Lipinski definition) is 1. The van der Waals surface area contributed by atoms with Gasteiger partial charge in [-0.1, -0.05) is 28.9 Å². The Hall–Kier alpha value is -2.95. The molecule has 0 atom stereocenters. The number of carbonyl (C=O) groups is 2. The van der Waals surface area contributed by atoms with Gasteiger partial charge in [-0.05, 0) is 43.7 Å². The number of carbonyl (C=O) groups excluding carboxylic acids is 2. The topological polar surface area (TPSA) is 70.0 Å². The van der Waals surface area contributed by atoms with Gasteiger partial charge in [0.2, 0.25) is 0 Å². The van der Waals surface area contributed by atoms with Crippen molar-refractivity contribution < 1.29 is 14.8 Å². The zero-order chi connectivity index (χ0) is 15.9. The molecular weight excluding hydrogens is 280 g/mol. The lowest BCUT2D eigenvalue weighted by Crippen LogP contribution is -2.29. The second kappa shape index (κ2) is 5.11. The summed E-state index contributed by atoms with van der Waals surface area (Å²) >= 11 is 0. The largest absolute Gasteiger partial charge is 0.411 e. The van der Waals surface area contributed by atoms with Crippen LogP contribution in [0.1, 0.15) is 38.8 Å². The Morgan fingerprint density at radius 1 is 1.00 bits per heavy atom. The fourth-order valence-corrected chi connectivity index (χ4v) is 2.50. The van der Waals surface area contributed by atoms with E-state index in [9.17, 15) is 9.59 Å². The number of anilines is 1. The number of nitrogens with zero attached hydrogens (tertiary/aromatic N) is 2. The van der Waals surface area contributed by atoms with E-state index in [-0.39, 0.29) is 11.8 Å². The van der Waals surface area contributed by atoms with Gasteiger partial charge in [0.05, 0.1) is 22.5 Å². The number of oxime groups is 1. The van der Waals surface area contributed by atoms with Gasteiger partial charge in [0.25, 0.3) is 11.8 Å². The SMILES string of the molecule is C/C(=N/O)c1ccc(N2C(=O)c3ccc(C)cc3C2=O)cc1. The van der Waals surface area contributed by atoms with Crippen molar-refractivity contribution in [3.05, 3.63) is 64.7 Å². The van der Waals surface area contributed by atoms with E-state index >= 15 is 0 Å². The Bertz CT molecular complexity index is 807. The molecule has 3 rings (SSSR count). The van der Waals surface area contributed by atoms with Crippen molar-refractivity contribution in [3.63, 3.8) is 0 Å². The van der Waals surface area contributed by atoms with Crippen LogP contribution >= 0.6 is 0 Å². The molecule has 2 aromatic rings. The molecule has 5 nitrogen and oxygen atoms in total. The minimum atomic E-state index is -0.319. The van der Waals surface area contributed by atoms with Crippen molar-refractivity contribution in [2.45, 2.75) is 13.8 Å². The van der Waals surface area contributed by atoms with Gasteiger partial charge >= 0.3 is 0 Å². The van der Waals surface area contributed by atoms with Crippen LogP contribution in [0.25, 0.3) is 0 Å². The highest BCUT2D eigenvalue weighted by atomic mass is 16.4. The molecule has 0 unspecified atom stereocenters. The molecule has 0 radical (unpaired) electrons. The summed E-state index contributed by atoms with van der Waals surface area (Å²) in [4.78, 5) is 26.1. The van der Waals surface area contributed by atoms with Crippen LogP contribution in [-0.2, 0) is 0 Å². The van der Waals surface area contributed by atoms with Crippen molar-refractivity contribution in [2.24, 2.45) is 5.16 Å². The average molecular weight is 294 g/mol. The zero-order valence-electron chi connectivity index (χ0n) is 12.2. The molecule has 0 fully saturated rings. The quantitative estimate of drug-likeness (QED) is 0.400. The first-order valence-electron chi connectivity index (χ1n) is 6.81. The number of benzene rings is 2. The third-order valence-corrected chi connectivity index (χ3v) is 3.74. The second-order valence-electron chi connectivity index (χ2n) is 5.23. The molecule has 0 bridgehead atoms. The molecule has 0 saturated carbocycles. The molecule has 0 saturated heterocycles. The summed E-state index contributed by atoms with van der Waals surface area (Å²) < 4.78 is 0. The van der Waals surface area contributed by atoms with E-state index in [2.05, 4.69) is 5.16 Å². The molecule has 2 aromatic carbocycles. The normalized spacial score (nSPS) is 14.5. The molecule has 22 heavy (non-hydrogen) atoms. The third kappa shape index (κ3) is 2.07. The van der Waals surface area contributed by atoms with E-state index in [0.717, 1.165) is 11.1 Å². The lowest BCUT2D eigenvalue weighted by atomic mass is 10.1. The highest BCUT2D eigenvalue weighted by molar-refractivity contribution is 6.34. The molecule has 110 valence electrons. The molecule has 1 aliphatic heterocycles. The van der Waals surface area contributed by atoms with Crippen molar-refractivity contribution in [2.75, 3.05) is 4.90 Å². The third-order valence-electron chi connectivity index (χ3n) is 3.74. The Morgan fingerprint density at radius 2 is 1.64 bits per heavy atom. The van der Waals surface area contributed by atoms with Gasteiger partial charge in [0.15, 0.2) is 0 Å². The number of imide groups is 1. The number of rotatable bonds is 2. The number of fused-ring (bicyclic) bond motifs is 1. The van der Waals surface area contributed by atoms with Crippen LogP contribution in [0.5, 0.6) is 0 Å². The first-order valence-corrected chi connectivity index (χ1v) is 6.81. The van der Waals surface area contributed by atoms with E-state index in [4.69, 9.17) is 5.21 Å². The van der Waals surface area contributed by atoms with Gasteiger partial charge in [0, 0.05) is 0 Å². The first kappa shape index (κ1) is 14.0. The number of amides is 2. The number of aryl methyl sites for hydroxylation is 1. The van der Waals surface area contributed by atoms with Gasteiger partial charge in [-0.25, -0.2) is 4.90 Å². The summed E-state index contributed by atoms with van der Waals surface area (Å²) in [6.07, 6.45) is 0. The highest BCUT2D eigenvalue weighted by Crippen LogP contribution is 2.29. The lowest BCUT2D eigenvalue weighted by Gasteiger charge is -2.14. The van der Waals surface area contributed by atoms with Crippen LogP contribution in [0.15, 0.2) is 47.6 Å². The highest BCUT2D eigenvalue weighted by Gasteiger charge is 2.36. The monoisotopic (exact) mass is 294 g/mol. The van der Waals surface area contributed by atoms with Crippen LogP contribution in [0, 0.1) is 6.92 Å². The van der Waals surface area contributed by atoms with Crippen molar-refractivity contribution in [3.8, 4) is 0 Å². The fraction of sp³-hybridized carbons (Fsp3) is 0.118. The molecule has 1 N–H and O–H groups in total. The van der Waals surface area contributed by atoms with E-state index in [1.54, 1.807) is 43.3 Å². The van der Waals surface area contributed by atoms with Gasteiger partial charge < -0.3 is 5.21 Å². The van der Waals surface area contributed by atoms with Crippen molar-refractivity contribution in [1.82, 2.24) is 0 Å². The Labute approximate surface area is 127 Å². The van der Waals surface area contributed by atoms with Crippen LogP contribution in [0.3, 0.4) is 0 Å². The summed E-state index contributed by atoms with van der Waals surface area (Å²) in [7, 11) is 0. The van der Waals surface area contributed by atoms with Crippen molar-refractivity contribution in [1.29, 1.82) is 0 Å². The predicted octanol–water partition coefficient (Wildman–Crippen LogP) is 2.99. The van der Waals surface area contributed by atoms with Crippen molar-refractivity contribution >= 4 is 23.2 Å². The summed E-state index contributed by atoms with van der Waals surface area (Å²) in [5.41, 5.74) is 3.48. The minimum Gasteiger partial charge on any atom is -0.411 e. The maximum Gasteiger partial charge on any atom is 0.266 e. The molecule has 1 heterocycles. The standard InChI is InChI=1S/C17H14N2O3/c1-10-3-8-14-15(9-10)17(21)19(16(14)20)13-6-4-12(5-7-13)11(2)18-22/h3-9,22H,1-2H3/b18-11-. The molecule has 5 heteroatoms. The molecule has 1 aliphatic rings. The summed E-state index contributed by atoms with van der Waals surface area (Å²) in [6.45, 7) is 3.55. The van der Waals surface area contributed by atoms with E-state index in [1.807, 2.05) is 13.0 Å². The summed E-state index contributed by atoms with van der Waals surface area (Å²) in [5, 5.41) is 11.9. The number of hydrogen-bond acceptors (Lipinski definition) is 4. The Kier molecular flexibility index (Phi) is 3.25. The maximum atomic E-state index is 12.5. The van der Waals surface area contributed by atoms with Crippen LogP contribution in [-0.4, -0.2) is 22.7 Å². The molecule has 0 spiro atoms. The average Bonchev–Trinajstić information content (AvgIpc) is 2.78. The van der Waals surface area contributed by atoms with E-state index in [0.29, 0.717) is 22.5 Å². The lowest BCUT2D eigenvalue weighted by molar-refractivity contribution is 0.0926. The van der Waals surface area contributed by atoms with Gasteiger partial charge in [0.1, 0.15) is 0 Å².